The van der Waals surface area contributed by atoms with Crippen molar-refractivity contribution in [3.8, 4) is 0 Å². The number of hydrogen-bond donors (Lipinski definition) is 1. The fraction of sp³-hybridized carbons (Fsp3) is 0.700. The zero-order valence-corrected chi connectivity index (χ0v) is 24.5. The van der Waals surface area contributed by atoms with Crippen LogP contribution >= 0.6 is 0 Å². The summed E-state index contributed by atoms with van der Waals surface area (Å²) in [5, 5.41) is 3.02. The van der Waals surface area contributed by atoms with Crippen molar-refractivity contribution in [3.05, 3.63) is 36.0 Å². The number of nitrogens with one attached hydrogen (secondary N) is 1. The van der Waals surface area contributed by atoms with Gasteiger partial charge in [0.05, 0.1) is 49.1 Å². The van der Waals surface area contributed by atoms with Crippen LogP contribution in [0.3, 0.4) is 0 Å². The lowest BCUT2D eigenvalue weighted by atomic mass is 9.88. The van der Waals surface area contributed by atoms with Gasteiger partial charge in [0.25, 0.3) is 0 Å². The highest BCUT2D eigenvalue weighted by Gasteiger charge is 2.51. The summed E-state index contributed by atoms with van der Waals surface area (Å²) < 4.78 is 23.3. The molecule has 9 nitrogen and oxygen atoms in total. The normalized spacial score (nSPS) is 33.8. The molecule has 3 saturated heterocycles. The molecule has 39 heavy (non-hydrogen) atoms. The van der Waals surface area contributed by atoms with Gasteiger partial charge in [-0.1, -0.05) is 30.7 Å². The molecule has 1 spiro atoms. The molecular weight excluding hydrogens is 500 g/mol. The standard InChI is InChI=1S/C30H46N2O7/c1-19(8-11-24-16-30(18-36-30)17-25(39-24)15-29(35)32(6)7)9-12-27-20(2)14-26(22(4)38-27)31-28(34)13-10-21(3)37-23(5)33/h8-11,13,20-22,24-27H,12,14-18H2,1-7H3,(H,31,34)/b11-8+,13-10-,19-9+/t20-,21-,22+,24+,25+,26+,27-,30+/m0/s1. The van der Waals surface area contributed by atoms with E-state index in [2.05, 4.69) is 37.4 Å². The van der Waals surface area contributed by atoms with E-state index < -0.39 is 6.10 Å². The third-order valence-corrected chi connectivity index (χ3v) is 7.65. The number of allylic oxidation sites excluding steroid dienone is 2. The lowest BCUT2D eigenvalue weighted by Gasteiger charge is -2.39. The predicted molar refractivity (Wildman–Crippen MR) is 148 cm³/mol. The van der Waals surface area contributed by atoms with E-state index in [-0.39, 0.29) is 59.8 Å². The first kappa shape index (κ1) is 31.0. The molecule has 0 aliphatic carbocycles. The molecule has 0 saturated carbocycles. The Morgan fingerprint density at radius 3 is 2.49 bits per heavy atom. The molecule has 218 valence electrons. The highest BCUT2D eigenvalue weighted by Crippen LogP contribution is 2.43. The molecule has 3 heterocycles. The second-order valence-corrected chi connectivity index (χ2v) is 11.6. The molecule has 3 aliphatic heterocycles. The van der Waals surface area contributed by atoms with Gasteiger partial charge in [0, 0.05) is 39.9 Å². The summed E-state index contributed by atoms with van der Waals surface area (Å²) in [5.74, 6) is -0.267. The second-order valence-electron chi connectivity index (χ2n) is 11.6. The molecule has 1 N–H and O–H groups in total. The van der Waals surface area contributed by atoms with Crippen LogP contribution < -0.4 is 5.32 Å². The van der Waals surface area contributed by atoms with Gasteiger partial charge in [-0.15, -0.1) is 0 Å². The number of hydrogen-bond acceptors (Lipinski definition) is 7. The van der Waals surface area contributed by atoms with Gasteiger partial charge in [0.1, 0.15) is 6.10 Å². The lowest BCUT2D eigenvalue weighted by molar-refractivity contribution is -0.143. The third kappa shape index (κ3) is 9.89. The summed E-state index contributed by atoms with van der Waals surface area (Å²) in [6.07, 6.45) is 12.2. The Morgan fingerprint density at radius 1 is 1.13 bits per heavy atom. The van der Waals surface area contributed by atoms with Crippen molar-refractivity contribution < 1.29 is 33.3 Å². The SMILES string of the molecule is CC(=O)O[C@@H](C)/C=C\C(=O)N[C@@H]1C[C@H](C)[C@H](C/C=C(C)/C=C/[C@@H]2C[C@]3(CO3)C[C@@H](CC(=O)N(C)C)O2)O[C@@H]1C. The van der Waals surface area contributed by atoms with E-state index in [9.17, 15) is 14.4 Å². The topological polar surface area (TPSA) is 107 Å². The monoisotopic (exact) mass is 546 g/mol. The van der Waals surface area contributed by atoms with Gasteiger partial charge in [-0.25, -0.2) is 0 Å². The molecule has 2 amide bonds. The molecule has 0 bridgehead atoms. The van der Waals surface area contributed by atoms with Crippen LogP contribution in [0.2, 0.25) is 0 Å². The fourth-order valence-corrected chi connectivity index (χ4v) is 5.25. The Kier molecular flexibility index (Phi) is 10.9. The molecule has 0 aromatic rings. The first-order valence-electron chi connectivity index (χ1n) is 14.0. The van der Waals surface area contributed by atoms with Crippen molar-refractivity contribution in [1.29, 1.82) is 0 Å². The lowest BCUT2D eigenvalue weighted by Crippen LogP contribution is -2.50. The van der Waals surface area contributed by atoms with Gasteiger partial charge >= 0.3 is 5.97 Å². The summed E-state index contributed by atoms with van der Waals surface area (Å²) in [6.45, 7) is 9.99. The molecule has 9 heteroatoms. The minimum absolute atomic E-state index is 0.0616. The minimum Gasteiger partial charge on any atom is -0.459 e. The van der Waals surface area contributed by atoms with Crippen LogP contribution in [0, 0.1) is 5.92 Å². The van der Waals surface area contributed by atoms with E-state index in [0.717, 1.165) is 37.9 Å². The first-order chi connectivity index (χ1) is 18.4. The average molecular weight is 547 g/mol. The van der Waals surface area contributed by atoms with Crippen molar-refractivity contribution in [2.75, 3.05) is 20.7 Å². The fourth-order valence-electron chi connectivity index (χ4n) is 5.25. The Labute approximate surface area is 232 Å². The smallest absolute Gasteiger partial charge is 0.303 e. The maximum atomic E-state index is 12.4. The zero-order valence-electron chi connectivity index (χ0n) is 24.5. The molecule has 0 aromatic carbocycles. The van der Waals surface area contributed by atoms with Crippen LogP contribution in [-0.4, -0.2) is 85.5 Å². The van der Waals surface area contributed by atoms with Crippen LogP contribution in [0.5, 0.6) is 0 Å². The van der Waals surface area contributed by atoms with Crippen LogP contribution in [-0.2, 0) is 33.3 Å². The Bertz CT molecular complexity index is 968. The van der Waals surface area contributed by atoms with Crippen molar-refractivity contribution in [1.82, 2.24) is 10.2 Å². The predicted octanol–water partition coefficient (Wildman–Crippen LogP) is 3.48. The van der Waals surface area contributed by atoms with Gasteiger partial charge in [-0.2, -0.15) is 0 Å². The van der Waals surface area contributed by atoms with E-state index in [1.165, 1.54) is 13.0 Å². The summed E-state index contributed by atoms with van der Waals surface area (Å²) >= 11 is 0. The number of amides is 2. The minimum atomic E-state index is -0.456. The Balaban J connectivity index is 1.47. The van der Waals surface area contributed by atoms with Crippen molar-refractivity contribution in [3.63, 3.8) is 0 Å². The van der Waals surface area contributed by atoms with E-state index in [1.54, 1.807) is 32.0 Å². The summed E-state index contributed by atoms with van der Waals surface area (Å²) in [6, 6.07) is -0.0878. The quantitative estimate of drug-likeness (QED) is 0.194. The van der Waals surface area contributed by atoms with Crippen molar-refractivity contribution in [2.24, 2.45) is 5.92 Å². The molecule has 0 aromatic heterocycles. The highest BCUT2D eigenvalue weighted by atomic mass is 16.6. The van der Waals surface area contributed by atoms with Gasteiger partial charge in [-0.05, 0) is 45.6 Å². The molecule has 8 atom stereocenters. The van der Waals surface area contributed by atoms with Gasteiger partial charge < -0.3 is 29.2 Å². The largest absolute Gasteiger partial charge is 0.459 e. The summed E-state index contributed by atoms with van der Waals surface area (Å²) in [7, 11) is 3.53. The maximum Gasteiger partial charge on any atom is 0.303 e. The van der Waals surface area contributed by atoms with E-state index in [0.29, 0.717) is 6.42 Å². The van der Waals surface area contributed by atoms with E-state index in [4.69, 9.17) is 18.9 Å². The van der Waals surface area contributed by atoms with Gasteiger partial charge in [0.15, 0.2) is 0 Å². The summed E-state index contributed by atoms with van der Waals surface area (Å²) in [4.78, 5) is 37.2. The number of esters is 1. The van der Waals surface area contributed by atoms with E-state index >= 15 is 0 Å². The number of carbonyl (C=O) groups excluding carboxylic acids is 3. The molecule has 0 radical (unpaired) electrons. The number of carbonyl (C=O) groups is 3. The molecule has 0 unspecified atom stereocenters. The molecule has 3 aliphatic rings. The van der Waals surface area contributed by atoms with Gasteiger partial charge in [-0.3, -0.25) is 14.4 Å². The average Bonchev–Trinajstić information content (AvgIpc) is 3.59. The van der Waals surface area contributed by atoms with Gasteiger partial charge in [0.2, 0.25) is 11.8 Å². The van der Waals surface area contributed by atoms with Crippen LogP contribution in [0.4, 0.5) is 0 Å². The molecule has 3 rings (SSSR count). The highest BCUT2D eigenvalue weighted by molar-refractivity contribution is 5.87. The van der Waals surface area contributed by atoms with E-state index in [1.807, 2.05) is 6.92 Å². The molecular formula is C30H46N2O7. The summed E-state index contributed by atoms with van der Waals surface area (Å²) in [5.41, 5.74) is 0.994. The number of ether oxygens (including phenoxy) is 4. The van der Waals surface area contributed by atoms with Crippen LogP contribution in [0.25, 0.3) is 0 Å². The maximum absolute atomic E-state index is 12.4. The second kappa shape index (κ2) is 13.7. The molecule has 3 fully saturated rings. The van der Waals surface area contributed by atoms with Crippen LogP contribution in [0.1, 0.15) is 66.7 Å². The number of rotatable bonds is 10. The Hall–Kier alpha value is -2.49. The number of epoxide rings is 1. The third-order valence-electron chi connectivity index (χ3n) is 7.65. The van der Waals surface area contributed by atoms with Crippen molar-refractivity contribution >= 4 is 17.8 Å². The van der Waals surface area contributed by atoms with Crippen LogP contribution in [0.15, 0.2) is 36.0 Å². The first-order valence-corrected chi connectivity index (χ1v) is 14.0. The Morgan fingerprint density at radius 2 is 1.85 bits per heavy atom. The number of nitrogens with zero attached hydrogens (tertiary/aromatic N) is 1. The van der Waals surface area contributed by atoms with Crippen molar-refractivity contribution in [2.45, 2.75) is 109 Å². The zero-order chi connectivity index (χ0) is 28.7.